The van der Waals surface area contributed by atoms with Crippen molar-refractivity contribution >= 4 is 12.4 Å². The Morgan fingerprint density at radius 2 is 1.78 bits per heavy atom. The van der Waals surface area contributed by atoms with E-state index < -0.39 is 11.7 Å². The first-order valence-corrected chi connectivity index (χ1v) is 7.68. The topological polar surface area (TPSA) is 30.5 Å². The van der Waals surface area contributed by atoms with E-state index in [4.69, 9.17) is 9.47 Å². The van der Waals surface area contributed by atoms with Crippen LogP contribution in [0.4, 0.5) is 13.2 Å². The van der Waals surface area contributed by atoms with Gasteiger partial charge in [0.1, 0.15) is 17.1 Å². The highest BCUT2D eigenvalue weighted by Crippen LogP contribution is 2.43. The van der Waals surface area contributed by atoms with Crippen molar-refractivity contribution in [2.45, 2.75) is 38.8 Å². The quantitative estimate of drug-likeness (QED) is 0.851. The molecule has 0 aliphatic carbocycles. The predicted octanol–water partition coefficient (Wildman–Crippen LogP) is 4.39. The molecule has 1 aliphatic rings. The Morgan fingerprint density at radius 3 is 2.30 bits per heavy atom. The normalized spacial score (nSPS) is 18.2. The standard InChI is InChI=1S/C16H22F3NO2.ClH/c1-3-21-14-9-13(16(17,18)19)15(22-4-2)8-12(14)11-6-5-7-20-10-11;/h8-9,11,20H,3-7,10H2,1-2H3;1H/t11-;/m1./s1. The van der Waals surface area contributed by atoms with E-state index in [2.05, 4.69) is 5.32 Å². The third-order valence-corrected chi connectivity index (χ3v) is 3.75. The number of rotatable bonds is 5. The van der Waals surface area contributed by atoms with E-state index in [1.807, 2.05) is 0 Å². The van der Waals surface area contributed by atoms with E-state index in [1.165, 1.54) is 6.07 Å². The molecule has 1 saturated heterocycles. The molecular weight excluding hydrogens is 331 g/mol. The average molecular weight is 354 g/mol. The van der Waals surface area contributed by atoms with Gasteiger partial charge in [0.15, 0.2) is 0 Å². The van der Waals surface area contributed by atoms with Gasteiger partial charge in [-0.15, -0.1) is 12.4 Å². The molecular formula is C16H23ClF3NO2. The maximum Gasteiger partial charge on any atom is 0.420 e. The number of hydrogen-bond donors (Lipinski definition) is 1. The molecule has 23 heavy (non-hydrogen) atoms. The Kier molecular flexibility index (Phi) is 7.48. The summed E-state index contributed by atoms with van der Waals surface area (Å²) in [7, 11) is 0. The molecule has 0 aromatic heterocycles. The maximum absolute atomic E-state index is 13.2. The number of halogens is 4. The molecule has 1 atom stereocenters. The summed E-state index contributed by atoms with van der Waals surface area (Å²) in [5.74, 6) is 0.350. The molecule has 0 amide bonds. The fraction of sp³-hybridized carbons (Fsp3) is 0.625. The fourth-order valence-corrected chi connectivity index (χ4v) is 2.79. The Hall–Kier alpha value is -1.14. The minimum atomic E-state index is -4.46. The van der Waals surface area contributed by atoms with Crippen molar-refractivity contribution in [1.82, 2.24) is 5.32 Å². The lowest BCUT2D eigenvalue weighted by atomic mass is 9.90. The first-order chi connectivity index (χ1) is 10.5. The Labute approximate surface area is 141 Å². The van der Waals surface area contributed by atoms with E-state index >= 15 is 0 Å². The first kappa shape index (κ1) is 19.9. The van der Waals surface area contributed by atoms with Gasteiger partial charge in [0, 0.05) is 18.0 Å². The highest BCUT2D eigenvalue weighted by molar-refractivity contribution is 5.85. The van der Waals surface area contributed by atoms with Crippen molar-refractivity contribution in [1.29, 1.82) is 0 Å². The van der Waals surface area contributed by atoms with Crippen LogP contribution in [0.1, 0.15) is 43.7 Å². The number of piperidine rings is 1. The smallest absolute Gasteiger partial charge is 0.420 e. The largest absolute Gasteiger partial charge is 0.494 e. The van der Waals surface area contributed by atoms with Crippen LogP contribution in [-0.4, -0.2) is 26.3 Å². The zero-order valence-corrected chi connectivity index (χ0v) is 14.1. The second kappa shape index (κ2) is 8.64. The second-order valence-electron chi connectivity index (χ2n) is 5.29. The van der Waals surface area contributed by atoms with Gasteiger partial charge in [-0.2, -0.15) is 13.2 Å². The van der Waals surface area contributed by atoms with Crippen molar-refractivity contribution in [3.05, 3.63) is 23.3 Å². The molecule has 3 nitrogen and oxygen atoms in total. The maximum atomic E-state index is 13.2. The van der Waals surface area contributed by atoms with Gasteiger partial charge in [-0.3, -0.25) is 0 Å². The summed E-state index contributed by atoms with van der Waals surface area (Å²) in [6, 6.07) is 2.59. The van der Waals surface area contributed by atoms with E-state index in [1.54, 1.807) is 13.8 Å². The van der Waals surface area contributed by atoms with Gasteiger partial charge >= 0.3 is 6.18 Å². The lowest BCUT2D eigenvalue weighted by molar-refractivity contribution is -0.139. The van der Waals surface area contributed by atoms with Crippen molar-refractivity contribution in [3.8, 4) is 11.5 Å². The Bertz CT molecular complexity index is 503. The zero-order valence-electron chi connectivity index (χ0n) is 13.3. The molecule has 0 spiro atoms. The molecule has 1 N–H and O–H groups in total. The van der Waals surface area contributed by atoms with E-state index in [-0.39, 0.29) is 30.7 Å². The van der Waals surface area contributed by atoms with E-state index in [0.29, 0.717) is 12.4 Å². The minimum absolute atomic E-state index is 0. The van der Waals surface area contributed by atoms with Gasteiger partial charge in [-0.05, 0) is 45.4 Å². The lowest BCUT2D eigenvalue weighted by Crippen LogP contribution is -2.28. The predicted molar refractivity (Wildman–Crippen MR) is 85.9 cm³/mol. The molecule has 132 valence electrons. The van der Waals surface area contributed by atoms with Gasteiger partial charge in [-0.1, -0.05) is 0 Å². The number of hydrogen-bond acceptors (Lipinski definition) is 3. The number of alkyl halides is 3. The van der Waals surface area contributed by atoms with Crippen molar-refractivity contribution < 1.29 is 22.6 Å². The molecule has 0 bridgehead atoms. The number of benzene rings is 1. The molecule has 1 aliphatic heterocycles. The fourth-order valence-electron chi connectivity index (χ4n) is 2.79. The monoisotopic (exact) mass is 353 g/mol. The first-order valence-electron chi connectivity index (χ1n) is 7.68. The van der Waals surface area contributed by atoms with Crippen LogP contribution in [0.5, 0.6) is 11.5 Å². The van der Waals surface area contributed by atoms with Crippen LogP contribution in [0.3, 0.4) is 0 Å². The molecule has 1 aromatic carbocycles. The molecule has 1 aromatic rings. The molecule has 0 saturated carbocycles. The third-order valence-electron chi connectivity index (χ3n) is 3.75. The van der Waals surface area contributed by atoms with Crippen molar-refractivity contribution in [2.24, 2.45) is 0 Å². The van der Waals surface area contributed by atoms with Crippen LogP contribution in [0.25, 0.3) is 0 Å². The lowest BCUT2D eigenvalue weighted by Gasteiger charge is -2.26. The molecule has 0 radical (unpaired) electrons. The van der Waals surface area contributed by atoms with Gasteiger partial charge in [0.2, 0.25) is 0 Å². The summed E-state index contributed by atoms with van der Waals surface area (Å²) in [5, 5.41) is 3.28. The third kappa shape index (κ3) is 4.91. The molecule has 2 rings (SSSR count). The summed E-state index contributed by atoms with van der Waals surface area (Å²) < 4.78 is 50.4. The highest BCUT2D eigenvalue weighted by atomic mass is 35.5. The van der Waals surface area contributed by atoms with Crippen molar-refractivity contribution in [2.75, 3.05) is 26.3 Å². The SMILES string of the molecule is CCOc1cc(C(F)(F)F)c(OCC)cc1[C@@H]1CCCNC1.Cl. The highest BCUT2D eigenvalue weighted by Gasteiger charge is 2.36. The summed E-state index contributed by atoms with van der Waals surface area (Å²) >= 11 is 0. The van der Waals surface area contributed by atoms with Crippen LogP contribution in [-0.2, 0) is 6.18 Å². The summed E-state index contributed by atoms with van der Waals surface area (Å²) in [6.07, 6.45) is -2.52. The molecule has 1 fully saturated rings. The van der Waals surface area contributed by atoms with Gasteiger partial charge in [0.05, 0.1) is 13.2 Å². The summed E-state index contributed by atoms with van der Waals surface area (Å²) in [4.78, 5) is 0. The average Bonchev–Trinajstić information content (AvgIpc) is 2.48. The molecule has 7 heteroatoms. The van der Waals surface area contributed by atoms with Crippen LogP contribution >= 0.6 is 12.4 Å². The van der Waals surface area contributed by atoms with E-state index in [9.17, 15) is 13.2 Å². The van der Waals surface area contributed by atoms with Gasteiger partial charge < -0.3 is 14.8 Å². The minimum Gasteiger partial charge on any atom is -0.494 e. The van der Waals surface area contributed by atoms with Crippen LogP contribution in [0, 0.1) is 0 Å². The molecule has 0 unspecified atom stereocenters. The van der Waals surface area contributed by atoms with Crippen LogP contribution < -0.4 is 14.8 Å². The Balaban J connectivity index is 0.00000264. The van der Waals surface area contributed by atoms with Crippen LogP contribution in [0.15, 0.2) is 12.1 Å². The van der Waals surface area contributed by atoms with E-state index in [0.717, 1.165) is 37.6 Å². The summed E-state index contributed by atoms with van der Waals surface area (Å²) in [5.41, 5.74) is 0.0239. The van der Waals surface area contributed by atoms with Gasteiger partial charge in [-0.25, -0.2) is 0 Å². The van der Waals surface area contributed by atoms with Crippen molar-refractivity contribution in [3.63, 3.8) is 0 Å². The molecule has 1 heterocycles. The number of nitrogens with one attached hydrogen (secondary N) is 1. The zero-order chi connectivity index (χ0) is 16.2. The van der Waals surface area contributed by atoms with Crippen LogP contribution in [0.2, 0.25) is 0 Å². The Morgan fingerprint density at radius 1 is 1.13 bits per heavy atom. The second-order valence-corrected chi connectivity index (χ2v) is 5.29. The number of ether oxygens (including phenoxy) is 2. The summed E-state index contributed by atoms with van der Waals surface area (Å²) in [6.45, 7) is 5.67. The van der Waals surface area contributed by atoms with Gasteiger partial charge in [0.25, 0.3) is 0 Å².